The Morgan fingerprint density at radius 2 is 2.29 bits per heavy atom. The molecule has 0 radical (unpaired) electrons. The normalized spacial score (nSPS) is 38.4. The van der Waals surface area contributed by atoms with Gasteiger partial charge in [0.15, 0.2) is 0 Å². The standard InChI is InChI=1S/C13H24N2OS/c1-10-5-3-7-15(11(10)9-14)12(16)13(2)6-4-8-17-13/h10-11H,3-9,14H2,1-2H3. The van der Waals surface area contributed by atoms with Crippen molar-refractivity contribution in [3.05, 3.63) is 0 Å². The Hall–Kier alpha value is -0.220. The quantitative estimate of drug-likeness (QED) is 0.820. The highest BCUT2D eigenvalue weighted by Crippen LogP contribution is 2.40. The lowest BCUT2D eigenvalue weighted by Gasteiger charge is -2.42. The number of nitrogens with zero attached hydrogens (tertiary/aromatic N) is 1. The fourth-order valence-corrected chi connectivity index (χ4v) is 4.38. The second kappa shape index (κ2) is 5.19. The minimum absolute atomic E-state index is 0.176. The van der Waals surface area contributed by atoms with Crippen LogP contribution in [0.4, 0.5) is 0 Å². The van der Waals surface area contributed by atoms with Gasteiger partial charge in [-0.25, -0.2) is 0 Å². The maximum atomic E-state index is 12.7. The number of likely N-dealkylation sites (tertiary alicyclic amines) is 1. The Bertz CT molecular complexity index is 289. The molecule has 4 heteroatoms. The van der Waals surface area contributed by atoms with Gasteiger partial charge in [-0.05, 0) is 44.3 Å². The summed E-state index contributed by atoms with van der Waals surface area (Å²) in [6.07, 6.45) is 4.53. The van der Waals surface area contributed by atoms with Crippen LogP contribution < -0.4 is 5.73 Å². The molecule has 3 nitrogen and oxygen atoms in total. The molecule has 17 heavy (non-hydrogen) atoms. The van der Waals surface area contributed by atoms with Gasteiger partial charge in [0.2, 0.25) is 5.91 Å². The van der Waals surface area contributed by atoms with Crippen LogP contribution in [0, 0.1) is 5.92 Å². The minimum atomic E-state index is -0.176. The SMILES string of the molecule is CC1CCCN(C(=O)C2(C)CCCS2)C1CN. The van der Waals surface area contributed by atoms with Crippen molar-refractivity contribution in [2.45, 2.75) is 50.3 Å². The Morgan fingerprint density at radius 3 is 2.88 bits per heavy atom. The Balaban J connectivity index is 2.11. The summed E-state index contributed by atoms with van der Waals surface area (Å²) in [5, 5.41) is 0. The van der Waals surface area contributed by atoms with E-state index in [1.807, 2.05) is 11.8 Å². The van der Waals surface area contributed by atoms with Gasteiger partial charge < -0.3 is 10.6 Å². The van der Waals surface area contributed by atoms with Crippen LogP contribution in [-0.4, -0.2) is 40.4 Å². The summed E-state index contributed by atoms with van der Waals surface area (Å²) in [4.78, 5) is 14.8. The summed E-state index contributed by atoms with van der Waals surface area (Å²) in [6, 6.07) is 0.259. The maximum Gasteiger partial charge on any atom is 0.238 e. The minimum Gasteiger partial charge on any atom is -0.337 e. The van der Waals surface area contributed by atoms with Crippen LogP contribution in [0.15, 0.2) is 0 Å². The van der Waals surface area contributed by atoms with Gasteiger partial charge in [-0.3, -0.25) is 4.79 Å². The highest BCUT2D eigenvalue weighted by atomic mass is 32.2. The molecule has 0 saturated carbocycles. The fourth-order valence-electron chi connectivity index (χ4n) is 3.11. The monoisotopic (exact) mass is 256 g/mol. The van der Waals surface area contributed by atoms with Gasteiger partial charge in [0.05, 0.1) is 4.75 Å². The molecule has 2 saturated heterocycles. The average Bonchev–Trinajstić information content (AvgIpc) is 2.76. The van der Waals surface area contributed by atoms with Crippen LogP contribution in [0.25, 0.3) is 0 Å². The van der Waals surface area contributed by atoms with Gasteiger partial charge in [-0.1, -0.05) is 6.92 Å². The third kappa shape index (κ3) is 2.48. The summed E-state index contributed by atoms with van der Waals surface area (Å²) >= 11 is 1.83. The summed E-state index contributed by atoms with van der Waals surface area (Å²) in [7, 11) is 0. The van der Waals surface area contributed by atoms with Crippen LogP contribution in [-0.2, 0) is 4.79 Å². The van der Waals surface area contributed by atoms with Crippen molar-refractivity contribution >= 4 is 17.7 Å². The summed E-state index contributed by atoms with van der Waals surface area (Å²) in [5.41, 5.74) is 5.86. The van der Waals surface area contributed by atoms with E-state index in [1.54, 1.807) is 0 Å². The molecule has 0 spiro atoms. The number of carbonyl (C=O) groups excluding carboxylic acids is 1. The van der Waals surface area contributed by atoms with Gasteiger partial charge in [-0.15, -0.1) is 11.8 Å². The molecule has 2 aliphatic heterocycles. The zero-order valence-corrected chi connectivity index (χ0v) is 11.8. The van der Waals surface area contributed by atoms with Gasteiger partial charge in [-0.2, -0.15) is 0 Å². The predicted molar refractivity (Wildman–Crippen MR) is 73.1 cm³/mol. The molecule has 0 aliphatic carbocycles. The number of rotatable bonds is 2. The summed E-state index contributed by atoms with van der Waals surface area (Å²) in [5.74, 6) is 2.01. The molecule has 2 heterocycles. The van der Waals surface area contributed by atoms with E-state index in [9.17, 15) is 4.79 Å². The number of hydrogen-bond donors (Lipinski definition) is 1. The van der Waals surface area contributed by atoms with E-state index < -0.39 is 0 Å². The van der Waals surface area contributed by atoms with E-state index in [4.69, 9.17) is 5.73 Å². The molecule has 2 fully saturated rings. The van der Waals surface area contributed by atoms with E-state index >= 15 is 0 Å². The van der Waals surface area contributed by atoms with E-state index in [0.29, 0.717) is 18.4 Å². The highest BCUT2D eigenvalue weighted by molar-refractivity contribution is 8.01. The van der Waals surface area contributed by atoms with Crippen LogP contribution >= 0.6 is 11.8 Å². The van der Waals surface area contributed by atoms with E-state index in [-0.39, 0.29) is 10.8 Å². The molecule has 2 rings (SSSR count). The van der Waals surface area contributed by atoms with Crippen LogP contribution in [0.1, 0.15) is 39.5 Å². The molecule has 0 aromatic rings. The molecule has 0 aromatic heterocycles. The van der Waals surface area contributed by atoms with Crippen LogP contribution in [0.5, 0.6) is 0 Å². The first kappa shape index (κ1) is 13.2. The second-order valence-corrected chi connectivity index (χ2v) is 7.20. The third-order valence-corrected chi connectivity index (χ3v) is 5.80. The number of amides is 1. The molecular formula is C13H24N2OS. The van der Waals surface area contributed by atoms with Crippen molar-refractivity contribution in [2.75, 3.05) is 18.8 Å². The molecule has 1 amide bonds. The van der Waals surface area contributed by atoms with Crippen molar-refractivity contribution in [1.29, 1.82) is 0 Å². The summed E-state index contributed by atoms with van der Waals surface area (Å²) in [6.45, 7) is 5.84. The highest BCUT2D eigenvalue weighted by Gasteiger charge is 2.43. The van der Waals surface area contributed by atoms with E-state index in [2.05, 4.69) is 18.7 Å². The average molecular weight is 256 g/mol. The summed E-state index contributed by atoms with van der Waals surface area (Å²) < 4.78 is -0.176. The maximum absolute atomic E-state index is 12.7. The van der Waals surface area contributed by atoms with Crippen molar-refractivity contribution < 1.29 is 4.79 Å². The molecule has 98 valence electrons. The number of hydrogen-bond acceptors (Lipinski definition) is 3. The first-order valence-electron chi connectivity index (χ1n) is 6.73. The van der Waals surface area contributed by atoms with Crippen LogP contribution in [0.3, 0.4) is 0 Å². The third-order valence-electron chi connectivity index (χ3n) is 4.29. The first-order valence-corrected chi connectivity index (χ1v) is 7.72. The lowest BCUT2D eigenvalue weighted by molar-refractivity contribution is -0.138. The number of nitrogens with two attached hydrogens (primary N) is 1. The molecule has 3 unspecified atom stereocenters. The van der Waals surface area contributed by atoms with Gasteiger partial charge in [0, 0.05) is 19.1 Å². The van der Waals surface area contributed by atoms with Crippen molar-refractivity contribution in [3.8, 4) is 0 Å². The number of thioether (sulfide) groups is 1. The second-order valence-electron chi connectivity index (χ2n) is 5.60. The number of carbonyl (C=O) groups is 1. The van der Waals surface area contributed by atoms with E-state index in [1.165, 1.54) is 12.8 Å². The Labute approximate surface area is 108 Å². The van der Waals surface area contributed by atoms with Gasteiger partial charge in [0.1, 0.15) is 0 Å². The lowest BCUT2D eigenvalue weighted by Crippen LogP contribution is -2.56. The predicted octanol–water partition coefficient (Wildman–Crippen LogP) is 1.86. The van der Waals surface area contributed by atoms with Crippen molar-refractivity contribution in [2.24, 2.45) is 11.7 Å². The number of piperidine rings is 1. The molecule has 0 aromatic carbocycles. The molecular weight excluding hydrogens is 232 g/mol. The largest absolute Gasteiger partial charge is 0.337 e. The fraction of sp³-hybridized carbons (Fsp3) is 0.923. The topological polar surface area (TPSA) is 46.3 Å². The first-order chi connectivity index (χ1) is 8.08. The van der Waals surface area contributed by atoms with E-state index in [0.717, 1.165) is 25.1 Å². The smallest absolute Gasteiger partial charge is 0.238 e. The van der Waals surface area contributed by atoms with Gasteiger partial charge >= 0.3 is 0 Å². The zero-order valence-electron chi connectivity index (χ0n) is 10.9. The zero-order chi connectivity index (χ0) is 12.5. The Kier molecular flexibility index (Phi) is 4.03. The molecule has 2 N–H and O–H groups in total. The van der Waals surface area contributed by atoms with Crippen molar-refractivity contribution in [1.82, 2.24) is 4.90 Å². The lowest BCUT2D eigenvalue weighted by atomic mass is 9.89. The molecule has 3 atom stereocenters. The molecule has 2 aliphatic rings. The van der Waals surface area contributed by atoms with Gasteiger partial charge in [0.25, 0.3) is 0 Å². The molecule has 0 bridgehead atoms. The van der Waals surface area contributed by atoms with Crippen LogP contribution in [0.2, 0.25) is 0 Å². The Morgan fingerprint density at radius 1 is 1.53 bits per heavy atom. The van der Waals surface area contributed by atoms with Crippen molar-refractivity contribution in [3.63, 3.8) is 0 Å².